The summed E-state index contributed by atoms with van der Waals surface area (Å²) in [5, 5.41) is 8.63. The van der Waals surface area contributed by atoms with E-state index >= 15 is 0 Å². The molecular weight excluding hydrogens is 596 g/mol. The minimum atomic E-state index is -4.53. The van der Waals surface area contributed by atoms with Crippen molar-refractivity contribution in [3.8, 4) is 11.5 Å². The zero-order chi connectivity index (χ0) is 26.9. The van der Waals surface area contributed by atoms with Gasteiger partial charge in [0.25, 0.3) is 5.91 Å². The molecule has 1 atom stereocenters. The molecule has 3 N–H and O–H groups in total. The lowest BCUT2D eigenvalue weighted by Crippen LogP contribution is -2.41. The van der Waals surface area contributed by atoms with Gasteiger partial charge in [-0.25, -0.2) is 5.43 Å². The van der Waals surface area contributed by atoms with E-state index in [2.05, 4.69) is 21.2 Å². The van der Waals surface area contributed by atoms with Crippen molar-refractivity contribution in [2.75, 3.05) is 19.0 Å². The highest BCUT2D eigenvalue weighted by Crippen LogP contribution is 2.34. The number of nitrogens with one attached hydrogen (secondary N) is 3. The van der Waals surface area contributed by atoms with Gasteiger partial charge in [0.15, 0.2) is 18.1 Å². The summed E-state index contributed by atoms with van der Waals surface area (Å²) in [4.78, 5) is 35.8. The van der Waals surface area contributed by atoms with Gasteiger partial charge in [-0.3, -0.25) is 14.4 Å². The van der Waals surface area contributed by atoms with E-state index in [4.69, 9.17) is 9.47 Å². The van der Waals surface area contributed by atoms with Gasteiger partial charge in [-0.2, -0.15) is 18.3 Å². The second-order valence-corrected chi connectivity index (χ2v) is 8.59. The number of alkyl halides is 3. The number of hydrogen-bond acceptors (Lipinski definition) is 6. The van der Waals surface area contributed by atoms with Gasteiger partial charge < -0.3 is 20.1 Å². The number of ether oxygens (including phenoxy) is 2. The number of halogens is 4. The lowest BCUT2D eigenvalue weighted by atomic mass is 10.2. The molecule has 0 heterocycles. The van der Waals surface area contributed by atoms with Gasteiger partial charge >= 0.3 is 18.0 Å². The van der Waals surface area contributed by atoms with Gasteiger partial charge in [0.2, 0.25) is 0 Å². The fourth-order valence-electron chi connectivity index (χ4n) is 2.67. The van der Waals surface area contributed by atoms with E-state index in [-0.39, 0.29) is 23.2 Å². The predicted molar refractivity (Wildman–Crippen MR) is 135 cm³/mol. The maximum absolute atomic E-state index is 12.8. The molecule has 0 radical (unpaired) electrons. The molecule has 0 saturated carbocycles. The van der Waals surface area contributed by atoms with Gasteiger partial charge in [0.05, 0.1) is 22.5 Å². The summed E-state index contributed by atoms with van der Waals surface area (Å²) in [6.07, 6.45) is -2.57. The standard InChI is InChI=1S/C23H24F3IN4O5/c1-4-13(2)29-21(33)22(34)31-28-11-14-8-17(27)20(18(9-14)35-3)36-12-19(32)30-16-7-5-6-15(10-16)23(24,25)26/h5-11,13H,4,12H2,1-3H3,(H,29,33)(H,30,32)(H,31,34)/b28-11-/t13-/m0/s1. The molecule has 0 unspecified atom stereocenters. The Hall–Kier alpha value is -3.36. The van der Waals surface area contributed by atoms with E-state index in [1.54, 1.807) is 13.0 Å². The molecule has 9 nitrogen and oxygen atoms in total. The van der Waals surface area contributed by atoms with Gasteiger partial charge in [-0.05, 0) is 71.8 Å². The van der Waals surface area contributed by atoms with Crippen molar-refractivity contribution >= 4 is 52.2 Å². The Morgan fingerprint density at radius 3 is 2.53 bits per heavy atom. The number of anilines is 1. The maximum Gasteiger partial charge on any atom is 0.416 e. The van der Waals surface area contributed by atoms with Crippen LogP contribution in [-0.2, 0) is 20.6 Å². The van der Waals surface area contributed by atoms with Crippen LogP contribution < -0.4 is 25.5 Å². The van der Waals surface area contributed by atoms with Crippen LogP contribution in [0, 0.1) is 3.57 Å². The van der Waals surface area contributed by atoms with Crippen LogP contribution in [0.2, 0.25) is 0 Å². The van der Waals surface area contributed by atoms with Crippen molar-refractivity contribution in [1.82, 2.24) is 10.7 Å². The van der Waals surface area contributed by atoms with Crippen molar-refractivity contribution in [1.29, 1.82) is 0 Å². The van der Waals surface area contributed by atoms with E-state index in [0.717, 1.165) is 12.1 Å². The van der Waals surface area contributed by atoms with Crippen molar-refractivity contribution in [3.05, 3.63) is 51.1 Å². The van der Waals surface area contributed by atoms with E-state index in [1.807, 2.05) is 29.5 Å². The number of rotatable bonds is 9. The largest absolute Gasteiger partial charge is 0.493 e. The Balaban J connectivity index is 2.01. The lowest BCUT2D eigenvalue weighted by molar-refractivity contribution is -0.139. The van der Waals surface area contributed by atoms with E-state index in [0.29, 0.717) is 15.6 Å². The van der Waals surface area contributed by atoms with Crippen LogP contribution in [0.5, 0.6) is 11.5 Å². The highest BCUT2D eigenvalue weighted by atomic mass is 127. The summed E-state index contributed by atoms with van der Waals surface area (Å²) in [6, 6.07) is 7.23. The van der Waals surface area contributed by atoms with Gasteiger partial charge in [-0.15, -0.1) is 0 Å². The number of benzene rings is 2. The van der Waals surface area contributed by atoms with E-state index in [1.165, 1.54) is 31.5 Å². The Bertz CT molecular complexity index is 1140. The van der Waals surface area contributed by atoms with Crippen LogP contribution in [0.15, 0.2) is 41.5 Å². The number of carbonyl (C=O) groups is 3. The molecule has 2 rings (SSSR count). The normalized spacial score (nSPS) is 12.1. The number of hydrazone groups is 1. The Morgan fingerprint density at radius 1 is 1.17 bits per heavy atom. The summed E-state index contributed by atoms with van der Waals surface area (Å²) in [5.74, 6) is -1.92. The average molecular weight is 620 g/mol. The first kappa shape index (κ1) is 28.9. The molecule has 0 saturated heterocycles. The van der Waals surface area contributed by atoms with Crippen LogP contribution in [0.1, 0.15) is 31.4 Å². The minimum absolute atomic E-state index is 0.0217. The van der Waals surface area contributed by atoms with Crippen molar-refractivity contribution < 1.29 is 37.0 Å². The summed E-state index contributed by atoms with van der Waals surface area (Å²) in [6.45, 7) is 3.14. The maximum atomic E-state index is 12.8. The molecule has 0 aliphatic carbocycles. The second-order valence-electron chi connectivity index (χ2n) is 7.43. The fraction of sp³-hybridized carbons (Fsp3) is 0.304. The van der Waals surface area contributed by atoms with Gasteiger partial charge in [-0.1, -0.05) is 13.0 Å². The lowest BCUT2D eigenvalue weighted by Gasteiger charge is -2.14. The molecule has 0 fully saturated rings. The highest BCUT2D eigenvalue weighted by Gasteiger charge is 2.30. The molecule has 0 aliphatic heterocycles. The average Bonchev–Trinajstić information content (AvgIpc) is 2.82. The molecule has 2 aromatic carbocycles. The molecule has 194 valence electrons. The van der Waals surface area contributed by atoms with E-state index in [9.17, 15) is 27.6 Å². The summed E-state index contributed by atoms with van der Waals surface area (Å²) < 4.78 is 49.9. The van der Waals surface area contributed by atoms with Crippen molar-refractivity contribution in [3.63, 3.8) is 0 Å². The quantitative estimate of drug-likeness (QED) is 0.171. The number of amides is 3. The molecule has 0 bridgehead atoms. The number of methoxy groups -OCH3 is 1. The van der Waals surface area contributed by atoms with Crippen molar-refractivity contribution in [2.24, 2.45) is 5.10 Å². The third-order valence-electron chi connectivity index (χ3n) is 4.65. The van der Waals surface area contributed by atoms with Crippen LogP contribution in [0.25, 0.3) is 0 Å². The summed E-state index contributed by atoms with van der Waals surface area (Å²) in [7, 11) is 1.38. The molecule has 36 heavy (non-hydrogen) atoms. The van der Waals surface area contributed by atoms with Crippen molar-refractivity contribution in [2.45, 2.75) is 32.5 Å². The number of hydrogen-bond donors (Lipinski definition) is 3. The molecule has 13 heteroatoms. The number of carbonyl (C=O) groups excluding carboxylic acids is 3. The molecule has 0 spiro atoms. The molecule has 3 amide bonds. The smallest absolute Gasteiger partial charge is 0.416 e. The molecule has 0 aliphatic rings. The first-order valence-electron chi connectivity index (χ1n) is 10.6. The van der Waals surface area contributed by atoms with Crippen LogP contribution in [-0.4, -0.2) is 43.7 Å². The fourth-order valence-corrected chi connectivity index (χ4v) is 3.45. The van der Waals surface area contributed by atoms with Gasteiger partial charge in [0, 0.05) is 11.7 Å². The predicted octanol–water partition coefficient (Wildman–Crippen LogP) is 3.70. The number of nitrogens with zero attached hydrogens (tertiary/aromatic N) is 1. The summed E-state index contributed by atoms with van der Waals surface area (Å²) in [5.41, 5.74) is 1.72. The third-order valence-corrected chi connectivity index (χ3v) is 5.45. The van der Waals surface area contributed by atoms with Crippen LogP contribution >= 0.6 is 22.6 Å². The zero-order valence-corrected chi connectivity index (χ0v) is 21.7. The van der Waals surface area contributed by atoms with Crippen LogP contribution in [0.4, 0.5) is 18.9 Å². The molecule has 0 aromatic heterocycles. The highest BCUT2D eigenvalue weighted by molar-refractivity contribution is 14.1. The second kappa shape index (κ2) is 13.1. The SMILES string of the molecule is CC[C@H](C)NC(=O)C(=O)N/N=C\c1cc(I)c(OCC(=O)Nc2cccc(C(F)(F)F)c2)c(OC)c1. The zero-order valence-electron chi connectivity index (χ0n) is 19.5. The molecular formula is C23H24F3IN4O5. The Morgan fingerprint density at radius 2 is 1.89 bits per heavy atom. The van der Waals surface area contributed by atoms with Crippen LogP contribution in [0.3, 0.4) is 0 Å². The monoisotopic (exact) mass is 620 g/mol. The molecule has 2 aromatic rings. The van der Waals surface area contributed by atoms with Gasteiger partial charge in [0.1, 0.15) is 0 Å². The first-order valence-corrected chi connectivity index (χ1v) is 11.6. The first-order chi connectivity index (χ1) is 16.9. The summed E-state index contributed by atoms with van der Waals surface area (Å²) >= 11 is 1.94. The Labute approximate surface area is 218 Å². The Kier molecular flexibility index (Phi) is 10.5. The third kappa shape index (κ3) is 8.70. The minimum Gasteiger partial charge on any atom is -0.493 e. The topological polar surface area (TPSA) is 118 Å². The van der Waals surface area contributed by atoms with E-state index < -0.39 is 36.1 Å².